The maximum absolute atomic E-state index is 13.0. The lowest BCUT2D eigenvalue weighted by Crippen LogP contribution is -2.31. The quantitative estimate of drug-likeness (QED) is 0.676. The van der Waals surface area contributed by atoms with Crippen molar-refractivity contribution >= 4 is 17.5 Å². The minimum atomic E-state index is -0.902. The normalized spacial score (nSPS) is 16.7. The molecular formula is C20H16N2O6. The van der Waals surface area contributed by atoms with Gasteiger partial charge in [-0.25, -0.2) is 0 Å². The molecule has 0 spiro atoms. The van der Waals surface area contributed by atoms with E-state index >= 15 is 0 Å². The number of aryl methyl sites for hydroxylation is 1. The first kappa shape index (κ1) is 17.6. The summed E-state index contributed by atoms with van der Waals surface area (Å²) in [5, 5.41) is 14.4. The standard InChI is InChI=1S/C20H16N2O6/c1-11-10-15(21-28-11)22-17(12-5-7-13(26-2)8-6-12)16(19(24)20(22)25)18(23)14-4-3-9-27-14/h3-10,17,24H,1-2H3/t17-/m1/s1. The van der Waals surface area contributed by atoms with Crippen molar-refractivity contribution in [1.29, 1.82) is 0 Å². The number of hydrogen-bond acceptors (Lipinski definition) is 7. The van der Waals surface area contributed by atoms with Crippen molar-refractivity contribution < 1.29 is 28.4 Å². The molecule has 1 atom stereocenters. The fourth-order valence-electron chi connectivity index (χ4n) is 3.18. The summed E-state index contributed by atoms with van der Waals surface area (Å²) >= 11 is 0. The second-order valence-corrected chi connectivity index (χ2v) is 6.22. The lowest BCUT2D eigenvalue weighted by atomic mass is 9.95. The summed E-state index contributed by atoms with van der Waals surface area (Å²) in [5.41, 5.74) is 0.500. The highest BCUT2D eigenvalue weighted by molar-refractivity contribution is 6.19. The highest BCUT2D eigenvalue weighted by Gasteiger charge is 2.46. The smallest absolute Gasteiger partial charge is 0.295 e. The molecule has 1 amide bonds. The third kappa shape index (κ3) is 2.75. The van der Waals surface area contributed by atoms with E-state index in [9.17, 15) is 14.7 Å². The van der Waals surface area contributed by atoms with Gasteiger partial charge in [0.05, 0.1) is 25.0 Å². The van der Waals surface area contributed by atoms with Crippen LogP contribution in [0, 0.1) is 6.92 Å². The molecule has 142 valence electrons. The number of carbonyl (C=O) groups is 2. The molecule has 3 heterocycles. The summed E-state index contributed by atoms with van der Waals surface area (Å²) in [6.45, 7) is 1.68. The molecule has 1 aliphatic heterocycles. The molecular weight excluding hydrogens is 364 g/mol. The molecule has 8 nitrogen and oxygen atoms in total. The summed E-state index contributed by atoms with van der Waals surface area (Å²) in [7, 11) is 1.54. The summed E-state index contributed by atoms with van der Waals surface area (Å²) in [6, 6.07) is 10.5. The third-order valence-electron chi connectivity index (χ3n) is 4.49. The van der Waals surface area contributed by atoms with Gasteiger partial charge >= 0.3 is 0 Å². The Morgan fingerprint density at radius 2 is 2.00 bits per heavy atom. The summed E-state index contributed by atoms with van der Waals surface area (Å²) in [5.74, 6) is -0.667. The first-order valence-corrected chi connectivity index (χ1v) is 8.43. The molecule has 8 heteroatoms. The van der Waals surface area contributed by atoms with Gasteiger partial charge in [-0.05, 0) is 36.8 Å². The Labute approximate surface area is 159 Å². The number of ether oxygens (including phenoxy) is 1. The number of furan rings is 1. The molecule has 1 aromatic carbocycles. The first-order valence-electron chi connectivity index (χ1n) is 8.43. The van der Waals surface area contributed by atoms with Gasteiger partial charge in [-0.15, -0.1) is 0 Å². The molecule has 1 aliphatic rings. The van der Waals surface area contributed by atoms with Gasteiger partial charge in [-0.1, -0.05) is 17.3 Å². The summed E-state index contributed by atoms with van der Waals surface area (Å²) in [6.07, 6.45) is 1.35. The van der Waals surface area contributed by atoms with Crippen LogP contribution in [0.1, 0.15) is 27.9 Å². The molecule has 0 fully saturated rings. The van der Waals surface area contributed by atoms with E-state index in [1.807, 2.05) is 0 Å². The summed E-state index contributed by atoms with van der Waals surface area (Å²) < 4.78 is 15.4. The highest BCUT2D eigenvalue weighted by atomic mass is 16.5. The molecule has 0 radical (unpaired) electrons. The van der Waals surface area contributed by atoms with Gasteiger partial charge in [0.2, 0.25) is 5.78 Å². The van der Waals surface area contributed by atoms with Gasteiger partial charge in [0.25, 0.3) is 5.91 Å². The van der Waals surface area contributed by atoms with Crippen LogP contribution in [0.25, 0.3) is 0 Å². The Kier molecular flexibility index (Phi) is 4.23. The second kappa shape index (κ2) is 6.73. The zero-order valence-electron chi connectivity index (χ0n) is 15.1. The van der Waals surface area contributed by atoms with Gasteiger partial charge in [0.15, 0.2) is 17.3 Å². The summed E-state index contributed by atoms with van der Waals surface area (Å²) in [4.78, 5) is 27.1. The van der Waals surface area contributed by atoms with Crippen molar-refractivity contribution in [2.75, 3.05) is 12.0 Å². The van der Waals surface area contributed by atoms with Crippen molar-refractivity contribution in [3.8, 4) is 5.75 Å². The van der Waals surface area contributed by atoms with Gasteiger partial charge in [0, 0.05) is 6.07 Å². The van der Waals surface area contributed by atoms with Crippen molar-refractivity contribution in [3.05, 3.63) is 77.1 Å². The predicted molar refractivity (Wildman–Crippen MR) is 97.2 cm³/mol. The van der Waals surface area contributed by atoms with E-state index in [4.69, 9.17) is 13.7 Å². The third-order valence-corrected chi connectivity index (χ3v) is 4.49. The SMILES string of the molecule is COc1ccc([C@@H]2C(C(=O)c3ccco3)=C(O)C(=O)N2c2cc(C)on2)cc1. The molecule has 0 bridgehead atoms. The lowest BCUT2D eigenvalue weighted by Gasteiger charge is -2.24. The molecule has 4 rings (SSSR count). The van der Waals surface area contributed by atoms with Crippen molar-refractivity contribution in [1.82, 2.24) is 5.16 Å². The number of aliphatic hydroxyl groups is 1. The Bertz CT molecular complexity index is 1060. The van der Waals surface area contributed by atoms with Gasteiger partial charge < -0.3 is 18.8 Å². The van der Waals surface area contributed by atoms with Gasteiger partial charge in [-0.3, -0.25) is 14.5 Å². The molecule has 1 N–H and O–H groups in total. The van der Waals surface area contributed by atoms with Crippen molar-refractivity contribution in [2.45, 2.75) is 13.0 Å². The number of ketones is 1. The van der Waals surface area contributed by atoms with Crippen LogP contribution >= 0.6 is 0 Å². The zero-order valence-corrected chi connectivity index (χ0v) is 15.1. The van der Waals surface area contributed by atoms with E-state index in [2.05, 4.69) is 5.16 Å². The molecule has 0 unspecified atom stereocenters. The van der Waals surface area contributed by atoms with E-state index < -0.39 is 23.5 Å². The number of nitrogens with zero attached hydrogens (tertiary/aromatic N) is 2. The second-order valence-electron chi connectivity index (χ2n) is 6.22. The van der Waals surface area contributed by atoms with Gasteiger partial charge in [0.1, 0.15) is 11.5 Å². The highest BCUT2D eigenvalue weighted by Crippen LogP contribution is 2.41. The number of rotatable bonds is 5. The fourth-order valence-corrected chi connectivity index (χ4v) is 3.18. The van der Waals surface area contributed by atoms with E-state index in [-0.39, 0.29) is 17.2 Å². The lowest BCUT2D eigenvalue weighted by molar-refractivity contribution is -0.117. The molecule has 3 aromatic rings. The molecule has 28 heavy (non-hydrogen) atoms. The van der Waals surface area contributed by atoms with E-state index in [1.54, 1.807) is 43.3 Å². The van der Waals surface area contributed by atoms with E-state index in [1.165, 1.54) is 24.3 Å². The van der Waals surface area contributed by atoms with Crippen LogP contribution in [0.5, 0.6) is 5.75 Å². The van der Waals surface area contributed by atoms with E-state index in [0.29, 0.717) is 17.1 Å². The van der Waals surface area contributed by atoms with Crippen LogP contribution in [-0.2, 0) is 4.79 Å². The predicted octanol–water partition coefficient (Wildman–Crippen LogP) is 3.37. The van der Waals surface area contributed by atoms with Crippen LogP contribution in [0.3, 0.4) is 0 Å². The van der Waals surface area contributed by atoms with Crippen LogP contribution in [0.4, 0.5) is 5.82 Å². The van der Waals surface area contributed by atoms with Crippen LogP contribution in [-0.4, -0.2) is 29.1 Å². The van der Waals surface area contributed by atoms with Crippen LogP contribution in [0.2, 0.25) is 0 Å². The number of anilines is 1. The minimum Gasteiger partial charge on any atom is -0.503 e. The van der Waals surface area contributed by atoms with Gasteiger partial charge in [-0.2, -0.15) is 0 Å². The number of methoxy groups -OCH3 is 1. The minimum absolute atomic E-state index is 0.0195. The topological polar surface area (TPSA) is 106 Å². The number of amides is 1. The molecule has 0 saturated carbocycles. The number of hydrogen-bond donors (Lipinski definition) is 1. The average molecular weight is 380 g/mol. The Balaban J connectivity index is 1.86. The number of carbonyl (C=O) groups excluding carboxylic acids is 2. The molecule has 2 aromatic heterocycles. The average Bonchev–Trinajstić information content (AvgIpc) is 3.43. The number of aromatic nitrogens is 1. The number of Topliss-reactive ketones (excluding diaryl/α,β-unsaturated/α-hetero) is 1. The van der Waals surface area contributed by atoms with Crippen LogP contribution < -0.4 is 9.64 Å². The Hall–Kier alpha value is -3.81. The van der Waals surface area contributed by atoms with Crippen molar-refractivity contribution in [2.24, 2.45) is 0 Å². The largest absolute Gasteiger partial charge is 0.503 e. The van der Waals surface area contributed by atoms with Crippen LogP contribution in [0.15, 0.2) is 69.0 Å². The molecule has 0 saturated heterocycles. The Morgan fingerprint density at radius 3 is 2.57 bits per heavy atom. The maximum Gasteiger partial charge on any atom is 0.295 e. The monoisotopic (exact) mass is 380 g/mol. The first-order chi connectivity index (χ1) is 13.5. The Morgan fingerprint density at radius 1 is 1.25 bits per heavy atom. The number of benzene rings is 1. The molecule has 0 aliphatic carbocycles. The number of aliphatic hydroxyl groups excluding tert-OH is 1. The maximum atomic E-state index is 13.0. The zero-order chi connectivity index (χ0) is 19.8. The fraction of sp³-hybridized carbons (Fsp3) is 0.150. The van der Waals surface area contributed by atoms with E-state index in [0.717, 1.165) is 0 Å². The van der Waals surface area contributed by atoms with Crippen molar-refractivity contribution in [3.63, 3.8) is 0 Å².